The summed E-state index contributed by atoms with van der Waals surface area (Å²) in [5.41, 5.74) is 0.573. The number of rotatable bonds is 3. The van der Waals surface area contributed by atoms with Crippen LogP contribution in [0.1, 0.15) is 20.3 Å². The van der Waals surface area contributed by atoms with Crippen molar-refractivity contribution in [1.82, 2.24) is 16.0 Å². The van der Waals surface area contributed by atoms with Gasteiger partial charge in [-0.25, -0.2) is 0 Å². The zero-order valence-electron chi connectivity index (χ0n) is 11.4. The van der Waals surface area contributed by atoms with Gasteiger partial charge in [0.2, 0.25) is 5.91 Å². The Kier molecular flexibility index (Phi) is 37.1. The number of amides is 1. The summed E-state index contributed by atoms with van der Waals surface area (Å²) in [6.07, 6.45) is 0.971. The Balaban J connectivity index is -0.0000000870. The molecule has 0 rings (SSSR count). The first-order valence-electron chi connectivity index (χ1n) is 5.12. The molecule has 0 aliphatic carbocycles. The first-order chi connectivity index (χ1) is 7.01. The summed E-state index contributed by atoms with van der Waals surface area (Å²) in [5, 5.41) is 8.19. The molecule has 0 fully saturated rings. The van der Waals surface area contributed by atoms with Crippen LogP contribution in [0.25, 0.3) is 0 Å². The van der Waals surface area contributed by atoms with E-state index in [4.69, 9.17) is 0 Å². The number of hydrogen-bond acceptors (Lipinski definition) is 3. The number of hydrogen-bond donors (Lipinski definition) is 3. The van der Waals surface area contributed by atoms with Crippen molar-refractivity contribution in [3.05, 3.63) is 12.2 Å². The molecule has 0 bridgehead atoms. The molecule has 0 aromatic rings. The molecule has 0 heterocycles. The summed E-state index contributed by atoms with van der Waals surface area (Å²) in [5.74, 6) is -0.0446. The van der Waals surface area contributed by atoms with Gasteiger partial charge in [-0.05, 0) is 41.5 Å². The average molecular weight is 298 g/mol. The lowest BCUT2D eigenvalue weighted by Crippen LogP contribution is -2.24. The van der Waals surface area contributed by atoms with Crippen LogP contribution in [-0.2, 0) is 4.79 Å². The largest absolute Gasteiger partial charge is 0.352 e. The lowest BCUT2D eigenvalue weighted by molar-refractivity contribution is -0.117. The van der Waals surface area contributed by atoms with Crippen LogP contribution in [-0.4, -0.2) is 40.6 Å². The van der Waals surface area contributed by atoms with Gasteiger partial charge in [0.05, 0.1) is 0 Å². The summed E-state index contributed by atoms with van der Waals surface area (Å²) in [6.45, 7) is 7.95. The van der Waals surface area contributed by atoms with Crippen molar-refractivity contribution in [2.24, 2.45) is 0 Å². The maximum Gasteiger partial charge on any atom is 0.246 e. The van der Waals surface area contributed by atoms with Crippen LogP contribution in [0.15, 0.2) is 12.2 Å². The molecule has 0 saturated carbocycles. The molecule has 0 aliphatic heterocycles. The number of halogens is 1. The second-order valence-corrected chi connectivity index (χ2v) is 3.04. The zero-order chi connectivity index (χ0) is 12.7. The van der Waals surface area contributed by atoms with E-state index in [0.29, 0.717) is 5.57 Å². The molecule has 100 valence electrons. The van der Waals surface area contributed by atoms with E-state index in [0.717, 1.165) is 13.0 Å². The third-order valence-corrected chi connectivity index (χ3v) is 0.923. The van der Waals surface area contributed by atoms with Gasteiger partial charge in [-0.1, -0.05) is 13.5 Å². The first kappa shape index (κ1) is 24.7. The minimum absolute atomic E-state index is 0. The summed E-state index contributed by atoms with van der Waals surface area (Å²) in [6, 6.07) is 0. The summed E-state index contributed by atoms with van der Waals surface area (Å²) in [4.78, 5) is 10.7. The van der Waals surface area contributed by atoms with Gasteiger partial charge in [-0.15, -0.1) is 17.0 Å². The molecule has 1 amide bonds. The van der Waals surface area contributed by atoms with E-state index in [1.54, 1.807) is 6.92 Å². The molecule has 3 N–H and O–H groups in total. The minimum atomic E-state index is -0.0446. The van der Waals surface area contributed by atoms with Gasteiger partial charge < -0.3 is 16.0 Å². The molecule has 5 heteroatoms. The highest BCUT2D eigenvalue weighted by atomic mass is 79.9. The Labute approximate surface area is 111 Å². The Hall–Kier alpha value is -0.390. The zero-order valence-corrected chi connectivity index (χ0v) is 13.2. The van der Waals surface area contributed by atoms with Crippen molar-refractivity contribution in [1.29, 1.82) is 0 Å². The molecule has 0 spiro atoms. The molecule has 16 heavy (non-hydrogen) atoms. The fourth-order valence-electron chi connectivity index (χ4n) is 0.389. The maximum atomic E-state index is 10.7. The highest BCUT2D eigenvalue weighted by molar-refractivity contribution is 8.93. The standard InChI is InChI=1S/C7H13NO.2C2H7N.BrH/c1-4-5-8-7(9)6(2)3;2*1-3-2;/h2,4-5H2,1,3H3,(H,8,9);2*3H,1-2H3;1H. The lowest BCUT2D eigenvalue weighted by Gasteiger charge is -1.99. The van der Waals surface area contributed by atoms with E-state index in [-0.39, 0.29) is 22.9 Å². The Morgan fingerprint density at radius 3 is 1.62 bits per heavy atom. The molecule has 0 saturated heterocycles. The van der Waals surface area contributed by atoms with Crippen LogP contribution in [0.2, 0.25) is 0 Å². The molecule has 0 atom stereocenters. The van der Waals surface area contributed by atoms with E-state index < -0.39 is 0 Å². The van der Waals surface area contributed by atoms with Crippen LogP contribution in [0.4, 0.5) is 0 Å². The first-order valence-corrected chi connectivity index (χ1v) is 5.12. The monoisotopic (exact) mass is 297 g/mol. The predicted octanol–water partition coefficient (Wildman–Crippen LogP) is 1.34. The Bertz CT molecular complexity index is 150. The van der Waals surface area contributed by atoms with Gasteiger partial charge in [-0.2, -0.15) is 0 Å². The van der Waals surface area contributed by atoms with Crippen LogP contribution in [0, 0.1) is 0 Å². The van der Waals surface area contributed by atoms with Gasteiger partial charge >= 0.3 is 0 Å². The molecule has 0 radical (unpaired) electrons. The van der Waals surface area contributed by atoms with Crippen molar-refractivity contribution < 1.29 is 4.79 Å². The van der Waals surface area contributed by atoms with E-state index >= 15 is 0 Å². The highest BCUT2D eigenvalue weighted by Gasteiger charge is 1.96. The molecule has 4 nitrogen and oxygen atoms in total. The van der Waals surface area contributed by atoms with Crippen LogP contribution in [0.5, 0.6) is 0 Å². The molecule has 0 aromatic carbocycles. The normalized spacial score (nSPS) is 7.12. The molecule has 0 aromatic heterocycles. The van der Waals surface area contributed by atoms with Crippen molar-refractivity contribution in [2.45, 2.75) is 20.3 Å². The molecule has 0 aliphatic rings. The SMILES string of the molecule is Br.C=C(C)C(=O)NCCC.CNC.CNC. The van der Waals surface area contributed by atoms with Crippen molar-refractivity contribution in [2.75, 3.05) is 34.7 Å². The van der Waals surface area contributed by atoms with Gasteiger partial charge in [0.25, 0.3) is 0 Å². The fourth-order valence-corrected chi connectivity index (χ4v) is 0.389. The maximum absolute atomic E-state index is 10.7. The second-order valence-electron chi connectivity index (χ2n) is 3.04. The lowest BCUT2D eigenvalue weighted by atomic mass is 10.3. The number of carbonyl (C=O) groups excluding carboxylic acids is 1. The Morgan fingerprint density at radius 1 is 1.12 bits per heavy atom. The van der Waals surface area contributed by atoms with E-state index in [1.165, 1.54) is 0 Å². The summed E-state index contributed by atoms with van der Waals surface area (Å²) in [7, 11) is 7.50. The van der Waals surface area contributed by atoms with Crippen molar-refractivity contribution in [3.63, 3.8) is 0 Å². The van der Waals surface area contributed by atoms with Gasteiger partial charge in [-0.3, -0.25) is 4.79 Å². The van der Waals surface area contributed by atoms with Crippen LogP contribution < -0.4 is 16.0 Å². The minimum Gasteiger partial charge on any atom is -0.352 e. The topological polar surface area (TPSA) is 53.2 Å². The van der Waals surface area contributed by atoms with Crippen molar-refractivity contribution in [3.8, 4) is 0 Å². The third kappa shape index (κ3) is 37.4. The van der Waals surface area contributed by atoms with Crippen molar-refractivity contribution >= 4 is 22.9 Å². The average Bonchev–Trinajstić information content (AvgIpc) is 2.16. The van der Waals surface area contributed by atoms with E-state index in [9.17, 15) is 4.79 Å². The van der Waals surface area contributed by atoms with Gasteiger partial charge in [0.1, 0.15) is 0 Å². The smallest absolute Gasteiger partial charge is 0.246 e. The summed E-state index contributed by atoms with van der Waals surface area (Å²) >= 11 is 0. The number of nitrogens with one attached hydrogen (secondary N) is 3. The van der Waals surface area contributed by atoms with E-state index in [1.807, 2.05) is 35.1 Å². The fraction of sp³-hybridized carbons (Fsp3) is 0.727. The molecule has 0 unspecified atom stereocenters. The molecular formula is C11H28BrN3O. The highest BCUT2D eigenvalue weighted by Crippen LogP contribution is 1.84. The predicted molar refractivity (Wildman–Crippen MR) is 78.4 cm³/mol. The van der Waals surface area contributed by atoms with Gasteiger partial charge in [0, 0.05) is 12.1 Å². The molecular weight excluding hydrogens is 270 g/mol. The van der Waals surface area contributed by atoms with Crippen LogP contribution in [0.3, 0.4) is 0 Å². The second kappa shape index (κ2) is 24.0. The number of carbonyl (C=O) groups is 1. The quantitative estimate of drug-likeness (QED) is 0.689. The Morgan fingerprint density at radius 2 is 1.44 bits per heavy atom. The van der Waals surface area contributed by atoms with E-state index in [2.05, 4.69) is 22.5 Å². The third-order valence-electron chi connectivity index (χ3n) is 0.923. The van der Waals surface area contributed by atoms with Gasteiger partial charge in [0.15, 0.2) is 0 Å². The summed E-state index contributed by atoms with van der Waals surface area (Å²) < 4.78 is 0. The van der Waals surface area contributed by atoms with Crippen LogP contribution >= 0.6 is 17.0 Å².